The van der Waals surface area contributed by atoms with E-state index in [-0.39, 0.29) is 29.2 Å². The summed E-state index contributed by atoms with van der Waals surface area (Å²) in [7, 11) is 1.29. The van der Waals surface area contributed by atoms with Crippen molar-refractivity contribution >= 4 is 21.9 Å². The van der Waals surface area contributed by atoms with Crippen LogP contribution in [0.25, 0.3) is 0 Å². The van der Waals surface area contributed by atoms with Gasteiger partial charge in [0.1, 0.15) is 5.82 Å². The third kappa shape index (κ3) is 4.30. The van der Waals surface area contributed by atoms with E-state index in [0.717, 1.165) is 12.1 Å². The molecule has 1 aromatic carbocycles. The highest BCUT2D eigenvalue weighted by molar-refractivity contribution is 9.10. The molecule has 3 nitrogen and oxygen atoms in total. The van der Waals surface area contributed by atoms with E-state index in [1.54, 1.807) is 0 Å². The van der Waals surface area contributed by atoms with E-state index in [9.17, 15) is 13.6 Å². The van der Waals surface area contributed by atoms with Gasteiger partial charge in [0.25, 0.3) is 0 Å². The maximum Gasteiger partial charge on any atom is 0.305 e. The van der Waals surface area contributed by atoms with Crippen LogP contribution in [0.5, 0.6) is 5.75 Å². The molecule has 0 saturated carbocycles. The standard InChI is InChI=1S/C11H11BrF2O3/c1-16-10(15)3-2-4-17-11-8(12)5-7(13)6-9(11)14/h5-6H,2-4H2,1H3. The zero-order chi connectivity index (χ0) is 12.8. The Bertz CT molecular complexity index is 387. The van der Waals surface area contributed by atoms with Gasteiger partial charge < -0.3 is 9.47 Å². The van der Waals surface area contributed by atoms with E-state index in [2.05, 4.69) is 20.7 Å². The van der Waals surface area contributed by atoms with Crippen molar-refractivity contribution in [3.8, 4) is 5.75 Å². The van der Waals surface area contributed by atoms with Gasteiger partial charge in [-0.2, -0.15) is 0 Å². The monoisotopic (exact) mass is 308 g/mol. The van der Waals surface area contributed by atoms with Gasteiger partial charge in [0, 0.05) is 12.5 Å². The summed E-state index contributed by atoms with van der Waals surface area (Å²) < 4.78 is 35.8. The lowest BCUT2D eigenvalue weighted by atomic mass is 10.3. The lowest BCUT2D eigenvalue weighted by Crippen LogP contribution is -2.05. The Morgan fingerprint density at radius 1 is 1.41 bits per heavy atom. The van der Waals surface area contributed by atoms with Crippen molar-refractivity contribution < 1.29 is 23.0 Å². The Morgan fingerprint density at radius 3 is 2.71 bits per heavy atom. The van der Waals surface area contributed by atoms with Gasteiger partial charge in [0.15, 0.2) is 11.6 Å². The van der Waals surface area contributed by atoms with Crippen LogP contribution in [-0.4, -0.2) is 19.7 Å². The molecule has 0 spiro atoms. The predicted octanol–water partition coefficient (Wildman–Crippen LogP) is 3.06. The Kier molecular flexibility index (Phi) is 5.34. The normalized spacial score (nSPS) is 10.1. The molecule has 94 valence electrons. The summed E-state index contributed by atoms with van der Waals surface area (Å²) in [6.45, 7) is 0.149. The van der Waals surface area contributed by atoms with Gasteiger partial charge in [0.2, 0.25) is 0 Å². The molecule has 0 radical (unpaired) electrons. The van der Waals surface area contributed by atoms with Gasteiger partial charge >= 0.3 is 5.97 Å². The third-order valence-electron chi connectivity index (χ3n) is 1.96. The molecule has 0 saturated heterocycles. The molecule has 1 aromatic rings. The molecule has 0 unspecified atom stereocenters. The maximum atomic E-state index is 13.3. The van der Waals surface area contributed by atoms with Crippen LogP contribution < -0.4 is 4.74 Å². The summed E-state index contributed by atoms with van der Waals surface area (Å²) >= 11 is 3.00. The van der Waals surface area contributed by atoms with Crippen LogP contribution in [0.15, 0.2) is 16.6 Å². The highest BCUT2D eigenvalue weighted by Gasteiger charge is 2.11. The maximum absolute atomic E-state index is 13.3. The molecule has 17 heavy (non-hydrogen) atoms. The van der Waals surface area contributed by atoms with E-state index in [1.165, 1.54) is 7.11 Å². The minimum Gasteiger partial charge on any atom is -0.489 e. The van der Waals surface area contributed by atoms with Gasteiger partial charge in [0.05, 0.1) is 18.2 Å². The minimum absolute atomic E-state index is 0.0590. The molecule has 0 aromatic heterocycles. The number of benzene rings is 1. The number of hydrogen-bond donors (Lipinski definition) is 0. The highest BCUT2D eigenvalue weighted by Crippen LogP contribution is 2.29. The van der Waals surface area contributed by atoms with Crippen LogP contribution in [0, 0.1) is 11.6 Å². The Morgan fingerprint density at radius 2 is 2.12 bits per heavy atom. The predicted molar refractivity (Wildman–Crippen MR) is 60.8 cm³/mol. The lowest BCUT2D eigenvalue weighted by molar-refractivity contribution is -0.140. The summed E-state index contributed by atoms with van der Waals surface area (Å²) in [4.78, 5) is 10.8. The molecule has 1 rings (SSSR count). The van der Waals surface area contributed by atoms with Crippen LogP contribution in [0.1, 0.15) is 12.8 Å². The number of ether oxygens (including phenoxy) is 2. The molecular weight excluding hydrogens is 298 g/mol. The Balaban J connectivity index is 2.50. The molecule has 0 amide bonds. The summed E-state index contributed by atoms with van der Waals surface area (Å²) in [5.41, 5.74) is 0. The average molecular weight is 309 g/mol. The SMILES string of the molecule is COC(=O)CCCOc1c(F)cc(F)cc1Br. The zero-order valence-corrected chi connectivity index (χ0v) is 10.7. The van der Waals surface area contributed by atoms with Gasteiger partial charge in [-0.05, 0) is 28.4 Å². The lowest BCUT2D eigenvalue weighted by Gasteiger charge is -2.08. The van der Waals surface area contributed by atoms with E-state index in [4.69, 9.17) is 4.74 Å². The van der Waals surface area contributed by atoms with Crippen molar-refractivity contribution in [3.05, 3.63) is 28.2 Å². The van der Waals surface area contributed by atoms with Crippen LogP contribution in [-0.2, 0) is 9.53 Å². The van der Waals surface area contributed by atoms with Crippen LogP contribution in [0.3, 0.4) is 0 Å². The molecule has 0 bridgehead atoms. The fraction of sp³-hybridized carbons (Fsp3) is 0.364. The second kappa shape index (κ2) is 6.54. The van der Waals surface area contributed by atoms with Gasteiger partial charge in [-0.1, -0.05) is 0 Å². The number of rotatable bonds is 5. The fourth-order valence-electron chi connectivity index (χ4n) is 1.16. The first-order valence-electron chi connectivity index (χ1n) is 4.88. The molecular formula is C11H11BrF2O3. The smallest absolute Gasteiger partial charge is 0.305 e. The van der Waals surface area contributed by atoms with Crippen LogP contribution in [0.2, 0.25) is 0 Å². The van der Waals surface area contributed by atoms with Crippen molar-refractivity contribution in [1.29, 1.82) is 0 Å². The van der Waals surface area contributed by atoms with Crippen molar-refractivity contribution in [1.82, 2.24) is 0 Å². The molecule has 0 aliphatic rings. The summed E-state index contributed by atoms with van der Waals surface area (Å²) in [6, 6.07) is 1.85. The number of methoxy groups -OCH3 is 1. The highest BCUT2D eigenvalue weighted by atomic mass is 79.9. The topological polar surface area (TPSA) is 35.5 Å². The number of carbonyl (C=O) groups excluding carboxylic acids is 1. The number of halogens is 3. The Hall–Kier alpha value is -1.17. The minimum atomic E-state index is -0.782. The number of carbonyl (C=O) groups is 1. The first-order valence-corrected chi connectivity index (χ1v) is 5.68. The van der Waals surface area contributed by atoms with Crippen molar-refractivity contribution in [2.75, 3.05) is 13.7 Å². The molecule has 6 heteroatoms. The molecule has 0 heterocycles. The second-order valence-electron chi connectivity index (χ2n) is 3.23. The quantitative estimate of drug-likeness (QED) is 0.619. The number of esters is 1. The van der Waals surface area contributed by atoms with Crippen molar-refractivity contribution in [2.45, 2.75) is 12.8 Å². The van der Waals surface area contributed by atoms with Crippen LogP contribution >= 0.6 is 15.9 Å². The van der Waals surface area contributed by atoms with E-state index in [0.29, 0.717) is 6.42 Å². The number of hydrogen-bond acceptors (Lipinski definition) is 3. The van der Waals surface area contributed by atoms with E-state index >= 15 is 0 Å². The van der Waals surface area contributed by atoms with E-state index < -0.39 is 11.6 Å². The zero-order valence-electron chi connectivity index (χ0n) is 9.13. The van der Waals surface area contributed by atoms with Crippen molar-refractivity contribution in [2.24, 2.45) is 0 Å². The summed E-state index contributed by atoms with van der Waals surface area (Å²) in [6.07, 6.45) is 0.590. The second-order valence-corrected chi connectivity index (χ2v) is 4.08. The molecule has 0 N–H and O–H groups in total. The Labute approximate surface area is 106 Å². The first-order chi connectivity index (χ1) is 8.04. The largest absolute Gasteiger partial charge is 0.489 e. The van der Waals surface area contributed by atoms with Gasteiger partial charge in [-0.25, -0.2) is 8.78 Å². The average Bonchev–Trinajstić information content (AvgIpc) is 2.26. The van der Waals surface area contributed by atoms with Crippen molar-refractivity contribution in [3.63, 3.8) is 0 Å². The summed E-state index contributed by atoms with van der Waals surface area (Å²) in [5, 5.41) is 0. The summed E-state index contributed by atoms with van der Waals surface area (Å²) in [5.74, 6) is -1.88. The molecule has 0 atom stereocenters. The van der Waals surface area contributed by atoms with Gasteiger partial charge in [-0.3, -0.25) is 4.79 Å². The fourth-order valence-corrected chi connectivity index (χ4v) is 1.68. The van der Waals surface area contributed by atoms with Crippen LogP contribution in [0.4, 0.5) is 8.78 Å². The third-order valence-corrected chi connectivity index (χ3v) is 2.55. The van der Waals surface area contributed by atoms with Gasteiger partial charge in [-0.15, -0.1) is 0 Å². The molecule has 0 fully saturated rings. The first kappa shape index (κ1) is 13.9. The molecule has 0 aliphatic heterocycles. The van der Waals surface area contributed by atoms with E-state index in [1.807, 2.05) is 0 Å². The molecule has 0 aliphatic carbocycles.